The SMILES string of the molecule is CN=C(NCC(c1cccnc1)C(C)C)NCC1(C)CCCO1. The maximum atomic E-state index is 5.81. The topological polar surface area (TPSA) is 58.5 Å². The summed E-state index contributed by atoms with van der Waals surface area (Å²) in [4.78, 5) is 8.57. The molecule has 0 radical (unpaired) electrons. The maximum absolute atomic E-state index is 5.81. The Morgan fingerprint density at radius 3 is 2.83 bits per heavy atom. The normalized spacial score (nSPS) is 23.1. The molecule has 2 unspecified atom stereocenters. The van der Waals surface area contributed by atoms with E-state index < -0.39 is 0 Å². The van der Waals surface area contributed by atoms with Gasteiger partial charge < -0.3 is 15.4 Å². The molecule has 1 aliphatic rings. The van der Waals surface area contributed by atoms with Gasteiger partial charge in [0.05, 0.1) is 5.60 Å². The van der Waals surface area contributed by atoms with Gasteiger partial charge in [-0.1, -0.05) is 19.9 Å². The first-order chi connectivity index (χ1) is 11.0. The van der Waals surface area contributed by atoms with Gasteiger partial charge in [0.1, 0.15) is 0 Å². The molecular weight excluding hydrogens is 288 g/mol. The maximum Gasteiger partial charge on any atom is 0.191 e. The smallest absolute Gasteiger partial charge is 0.191 e. The molecule has 1 aliphatic heterocycles. The number of hydrogen-bond acceptors (Lipinski definition) is 3. The van der Waals surface area contributed by atoms with Crippen LogP contribution >= 0.6 is 0 Å². The third-order valence-electron chi connectivity index (χ3n) is 4.56. The molecule has 2 heterocycles. The lowest BCUT2D eigenvalue weighted by Gasteiger charge is -2.26. The Kier molecular flexibility index (Phi) is 6.39. The molecule has 0 aromatic carbocycles. The highest BCUT2D eigenvalue weighted by atomic mass is 16.5. The van der Waals surface area contributed by atoms with Gasteiger partial charge in [0.25, 0.3) is 0 Å². The van der Waals surface area contributed by atoms with Crippen LogP contribution in [0.25, 0.3) is 0 Å². The second kappa shape index (κ2) is 8.29. The number of rotatable bonds is 6. The Labute approximate surface area is 139 Å². The van der Waals surface area contributed by atoms with Crippen molar-refractivity contribution in [2.75, 3.05) is 26.7 Å². The minimum atomic E-state index is -0.0710. The summed E-state index contributed by atoms with van der Waals surface area (Å²) >= 11 is 0. The monoisotopic (exact) mass is 318 g/mol. The Morgan fingerprint density at radius 2 is 2.26 bits per heavy atom. The fourth-order valence-corrected chi connectivity index (χ4v) is 3.01. The van der Waals surface area contributed by atoms with Crippen LogP contribution in [0.1, 0.15) is 45.1 Å². The van der Waals surface area contributed by atoms with Crippen LogP contribution in [-0.4, -0.2) is 43.3 Å². The molecule has 1 aromatic heterocycles. The van der Waals surface area contributed by atoms with E-state index in [4.69, 9.17) is 4.74 Å². The third-order valence-corrected chi connectivity index (χ3v) is 4.56. The van der Waals surface area contributed by atoms with Crippen LogP contribution in [0.15, 0.2) is 29.5 Å². The molecule has 2 N–H and O–H groups in total. The van der Waals surface area contributed by atoms with Crippen molar-refractivity contribution in [1.29, 1.82) is 0 Å². The number of nitrogens with one attached hydrogen (secondary N) is 2. The summed E-state index contributed by atoms with van der Waals surface area (Å²) in [5.74, 6) is 1.76. The lowest BCUT2D eigenvalue weighted by Crippen LogP contribution is -2.46. The molecule has 1 saturated heterocycles. The summed E-state index contributed by atoms with van der Waals surface area (Å²) in [6, 6.07) is 4.14. The van der Waals surface area contributed by atoms with E-state index in [1.165, 1.54) is 5.56 Å². The average molecular weight is 318 g/mol. The van der Waals surface area contributed by atoms with Crippen molar-refractivity contribution in [2.45, 2.75) is 45.1 Å². The molecule has 1 fully saturated rings. The number of aromatic nitrogens is 1. The molecule has 0 aliphatic carbocycles. The van der Waals surface area contributed by atoms with Gasteiger partial charge in [-0.2, -0.15) is 0 Å². The van der Waals surface area contributed by atoms with E-state index in [9.17, 15) is 0 Å². The van der Waals surface area contributed by atoms with E-state index in [1.807, 2.05) is 25.5 Å². The van der Waals surface area contributed by atoms with Gasteiger partial charge in [-0.3, -0.25) is 9.98 Å². The molecule has 5 heteroatoms. The molecule has 0 bridgehead atoms. The number of ether oxygens (including phenoxy) is 1. The Morgan fingerprint density at radius 1 is 1.43 bits per heavy atom. The van der Waals surface area contributed by atoms with Gasteiger partial charge in [-0.25, -0.2) is 0 Å². The van der Waals surface area contributed by atoms with E-state index in [-0.39, 0.29) is 5.60 Å². The zero-order chi connectivity index (χ0) is 16.7. The Hall–Kier alpha value is -1.62. The van der Waals surface area contributed by atoms with Crippen LogP contribution in [0.4, 0.5) is 0 Å². The van der Waals surface area contributed by atoms with Crippen LogP contribution < -0.4 is 10.6 Å². The molecule has 0 spiro atoms. The van der Waals surface area contributed by atoms with Crippen LogP contribution in [0, 0.1) is 5.92 Å². The van der Waals surface area contributed by atoms with Gasteiger partial charge >= 0.3 is 0 Å². The fourth-order valence-electron chi connectivity index (χ4n) is 3.01. The van der Waals surface area contributed by atoms with E-state index in [0.29, 0.717) is 11.8 Å². The van der Waals surface area contributed by atoms with E-state index >= 15 is 0 Å². The zero-order valence-corrected chi connectivity index (χ0v) is 14.8. The minimum Gasteiger partial charge on any atom is -0.373 e. The van der Waals surface area contributed by atoms with Crippen LogP contribution in [-0.2, 0) is 4.74 Å². The van der Waals surface area contributed by atoms with Crippen LogP contribution in [0.2, 0.25) is 0 Å². The largest absolute Gasteiger partial charge is 0.373 e. The zero-order valence-electron chi connectivity index (χ0n) is 14.8. The van der Waals surface area contributed by atoms with E-state index in [1.54, 1.807) is 0 Å². The molecule has 0 amide bonds. The number of hydrogen-bond donors (Lipinski definition) is 2. The van der Waals surface area contributed by atoms with Crippen molar-refractivity contribution in [3.63, 3.8) is 0 Å². The first kappa shape index (κ1) is 17.7. The van der Waals surface area contributed by atoms with Crippen LogP contribution in [0.5, 0.6) is 0 Å². The molecular formula is C18H30N4O. The summed E-state index contributed by atoms with van der Waals surface area (Å²) in [7, 11) is 1.81. The molecule has 2 rings (SSSR count). The predicted molar refractivity (Wildman–Crippen MR) is 94.8 cm³/mol. The first-order valence-electron chi connectivity index (χ1n) is 8.52. The van der Waals surface area contributed by atoms with Crippen molar-refractivity contribution >= 4 is 5.96 Å². The highest BCUT2D eigenvalue weighted by Crippen LogP contribution is 2.24. The summed E-state index contributed by atoms with van der Waals surface area (Å²) in [6.07, 6.45) is 6.01. The van der Waals surface area contributed by atoms with Crippen molar-refractivity contribution in [1.82, 2.24) is 15.6 Å². The molecule has 128 valence electrons. The van der Waals surface area contributed by atoms with Gasteiger partial charge in [-0.15, -0.1) is 0 Å². The summed E-state index contributed by atoms with van der Waals surface area (Å²) < 4.78 is 5.81. The van der Waals surface area contributed by atoms with Crippen molar-refractivity contribution in [3.05, 3.63) is 30.1 Å². The van der Waals surface area contributed by atoms with Gasteiger partial charge in [0.15, 0.2) is 5.96 Å². The van der Waals surface area contributed by atoms with Gasteiger partial charge in [-0.05, 0) is 37.3 Å². The number of guanidine groups is 1. The highest BCUT2D eigenvalue weighted by Gasteiger charge is 2.29. The minimum absolute atomic E-state index is 0.0710. The number of nitrogens with zero attached hydrogens (tertiary/aromatic N) is 2. The highest BCUT2D eigenvalue weighted by molar-refractivity contribution is 5.79. The second-order valence-corrected chi connectivity index (χ2v) is 6.85. The molecule has 2 atom stereocenters. The lowest BCUT2D eigenvalue weighted by molar-refractivity contribution is 0.0243. The lowest BCUT2D eigenvalue weighted by atomic mass is 9.89. The van der Waals surface area contributed by atoms with Crippen molar-refractivity contribution < 1.29 is 4.74 Å². The molecule has 1 aromatic rings. The van der Waals surface area contributed by atoms with E-state index in [2.05, 4.69) is 47.4 Å². The Bertz CT molecular complexity index is 495. The standard InChI is InChI=1S/C18H30N4O/c1-14(2)16(15-7-5-9-20-11-15)12-21-17(19-4)22-13-18(3)8-6-10-23-18/h5,7,9,11,14,16H,6,8,10,12-13H2,1-4H3,(H2,19,21,22). The summed E-state index contributed by atoms with van der Waals surface area (Å²) in [6.45, 7) is 9.12. The second-order valence-electron chi connectivity index (χ2n) is 6.85. The average Bonchev–Trinajstić information content (AvgIpc) is 2.98. The van der Waals surface area contributed by atoms with Crippen molar-refractivity contribution in [3.8, 4) is 0 Å². The van der Waals surface area contributed by atoms with E-state index in [0.717, 1.165) is 38.5 Å². The van der Waals surface area contributed by atoms with Crippen molar-refractivity contribution in [2.24, 2.45) is 10.9 Å². The summed E-state index contributed by atoms with van der Waals surface area (Å²) in [5, 5.41) is 6.84. The van der Waals surface area contributed by atoms with Gasteiger partial charge in [0, 0.05) is 45.1 Å². The third kappa shape index (κ3) is 5.20. The molecule has 23 heavy (non-hydrogen) atoms. The predicted octanol–water partition coefficient (Wildman–Crippen LogP) is 2.56. The summed E-state index contributed by atoms with van der Waals surface area (Å²) in [5.41, 5.74) is 1.19. The van der Waals surface area contributed by atoms with Gasteiger partial charge in [0.2, 0.25) is 0 Å². The van der Waals surface area contributed by atoms with Crippen LogP contribution in [0.3, 0.4) is 0 Å². The quantitative estimate of drug-likeness (QED) is 0.625. The first-order valence-corrected chi connectivity index (χ1v) is 8.52. The fraction of sp³-hybridized carbons (Fsp3) is 0.667. The molecule has 0 saturated carbocycles. The number of aliphatic imine (C=N–C) groups is 1. The Balaban J connectivity index is 1.88. The number of pyridine rings is 1. The molecule has 5 nitrogen and oxygen atoms in total.